The van der Waals surface area contributed by atoms with E-state index in [0.717, 1.165) is 0 Å². The normalized spacial score (nSPS) is 12.4. The lowest BCUT2D eigenvalue weighted by atomic mass is 10.1. The summed E-state index contributed by atoms with van der Waals surface area (Å²) in [7, 11) is 0. The molecule has 0 aromatic heterocycles. The number of hydrogen-bond acceptors (Lipinski definition) is 4. The van der Waals surface area contributed by atoms with Crippen LogP contribution in [-0.2, 0) is 6.54 Å². The van der Waals surface area contributed by atoms with Gasteiger partial charge in [-0.1, -0.05) is 11.6 Å². The topological polar surface area (TPSA) is 75.4 Å². The highest BCUT2D eigenvalue weighted by atomic mass is 35.5. The minimum absolute atomic E-state index is 0.0195. The van der Waals surface area contributed by atoms with Crippen LogP contribution in [-0.4, -0.2) is 22.7 Å². The predicted octanol–water partition coefficient (Wildman–Crippen LogP) is 1.72. The summed E-state index contributed by atoms with van der Waals surface area (Å²) in [4.78, 5) is 10.3. The summed E-state index contributed by atoms with van der Waals surface area (Å²) in [5.74, 6) is 0. The van der Waals surface area contributed by atoms with Crippen molar-refractivity contribution in [2.75, 3.05) is 6.61 Å². The summed E-state index contributed by atoms with van der Waals surface area (Å²) in [6, 6.07) is 4.30. The van der Waals surface area contributed by atoms with Crippen molar-refractivity contribution in [3.05, 3.63) is 38.9 Å². The molecule has 2 N–H and O–H groups in total. The maximum Gasteiger partial charge on any atom is 0.273 e. The molecular weight excluding hydrogens is 232 g/mol. The summed E-state index contributed by atoms with van der Waals surface area (Å²) in [5, 5.41) is 23.0. The third kappa shape index (κ3) is 3.44. The van der Waals surface area contributed by atoms with E-state index < -0.39 is 4.92 Å². The molecule has 0 saturated heterocycles. The van der Waals surface area contributed by atoms with Gasteiger partial charge in [0.2, 0.25) is 0 Å². The minimum atomic E-state index is -0.447. The van der Waals surface area contributed by atoms with E-state index in [1.54, 1.807) is 13.0 Å². The first-order chi connectivity index (χ1) is 7.54. The highest BCUT2D eigenvalue weighted by Gasteiger charge is 2.14. The summed E-state index contributed by atoms with van der Waals surface area (Å²) < 4.78 is 0. The molecule has 1 aromatic rings. The van der Waals surface area contributed by atoms with Crippen LogP contribution in [0.15, 0.2) is 18.2 Å². The maximum absolute atomic E-state index is 10.7. The van der Waals surface area contributed by atoms with Gasteiger partial charge in [0.1, 0.15) is 0 Å². The van der Waals surface area contributed by atoms with Gasteiger partial charge < -0.3 is 10.4 Å². The van der Waals surface area contributed by atoms with E-state index in [4.69, 9.17) is 16.7 Å². The van der Waals surface area contributed by atoms with Crippen LogP contribution in [0, 0.1) is 10.1 Å². The molecule has 6 heteroatoms. The number of benzene rings is 1. The number of hydrogen-bond donors (Lipinski definition) is 2. The summed E-state index contributed by atoms with van der Waals surface area (Å²) in [5.41, 5.74) is 0.542. The van der Waals surface area contributed by atoms with Gasteiger partial charge in [-0.05, 0) is 19.1 Å². The average molecular weight is 245 g/mol. The lowest BCUT2D eigenvalue weighted by Gasteiger charge is -2.10. The Labute approximate surface area is 98.2 Å². The van der Waals surface area contributed by atoms with E-state index in [0.29, 0.717) is 17.1 Å². The molecule has 0 bridgehead atoms. The van der Waals surface area contributed by atoms with Crippen LogP contribution in [0.3, 0.4) is 0 Å². The Morgan fingerprint density at radius 1 is 1.62 bits per heavy atom. The molecule has 0 radical (unpaired) electrons. The van der Waals surface area contributed by atoms with Crippen LogP contribution in [0.25, 0.3) is 0 Å². The molecule has 0 saturated carbocycles. The van der Waals surface area contributed by atoms with E-state index >= 15 is 0 Å². The molecule has 1 unspecified atom stereocenters. The Balaban J connectivity index is 2.84. The molecule has 0 aliphatic heterocycles. The number of aliphatic hydroxyl groups excluding tert-OH is 1. The Bertz CT molecular complexity index is 384. The van der Waals surface area contributed by atoms with Crippen molar-refractivity contribution in [2.45, 2.75) is 19.5 Å². The number of rotatable bonds is 5. The third-order valence-corrected chi connectivity index (χ3v) is 2.39. The van der Waals surface area contributed by atoms with Gasteiger partial charge in [-0.2, -0.15) is 0 Å². The van der Waals surface area contributed by atoms with Crippen molar-refractivity contribution in [3.8, 4) is 0 Å². The second-order valence-electron chi connectivity index (χ2n) is 3.49. The molecule has 0 aliphatic rings. The molecule has 1 rings (SSSR count). The average Bonchev–Trinajstić information content (AvgIpc) is 2.25. The highest BCUT2D eigenvalue weighted by molar-refractivity contribution is 6.30. The van der Waals surface area contributed by atoms with Gasteiger partial charge in [-0.15, -0.1) is 0 Å². The van der Waals surface area contributed by atoms with Crippen molar-refractivity contribution in [1.29, 1.82) is 0 Å². The Hall–Kier alpha value is -1.17. The van der Waals surface area contributed by atoms with Crippen molar-refractivity contribution in [3.63, 3.8) is 0 Å². The lowest BCUT2D eigenvalue weighted by molar-refractivity contribution is -0.385. The first-order valence-electron chi connectivity index (χ1n) is 4.81. The van der Waals surface area contributed by atoms with Gasteiger partial charge in [0.05, 0.1) is 11.5 Å². The fourth-order valence-electron chi connectivity index (χ4n) is 1.22. The first kappa shape index (κ1) is 12.9. The second-order valence-corrected chi connectivity index (χ2v) is 3.93. The quantitative estimate of drug-likeness (QED) is 0.611. The molecule has 0 aliphatic carbocycles. The van der Waals surface area contributed by atoms with Crippen molar-refractivity contribution in [2.24, 2.45) is 0 Å². The largest absolute Gasteiger partial charge is 0.395 e. The molecule has 88 valence electrons. The Kier molecular flexibility index (Phi) is 4.67. The molecule has 1 aromatic carbocycles. The summed E-state index contributed by atoms with van der Waals surface area (Å²) in [6.45, 7) is 2.07. The molecule has 1 atom stereocenters. The number of nitro groups is 1. The Morgan fingerprint density at radius 3 is 2.88 bits per heavy atom. The van der Waals surface area contributed by atoms with Crippen LogP contribution < -0.4 is 5.32 Å². The SMILES string of the molecule is CC(CO)NCc1cc(Cl)ccc1[N+](=O)[O-]. The molecular formula is C10H13ClN2O3. The summed E-state index contributed by atoms with van der Waals surface area (Å²) >= 11 is 5.77. The smallest absolute Gasteiger partial charge is 0.273 e. The van der Waals surface area contributed by atoms with E-state index in [1.807, 2.05) is 0 Å². The van der Waals surface area contributed by atoms with E-state index in [9.17, 15) is 10.1 Å². The van der Waals surface area contributed by atoms with Crippen molar-refractivity contribution >= 4 is 17.3 Å². The second kappa shape index (κ2) is 5.79. The molecule has 0 spiro atoms. The van der Waals surface area contributed by atoms with Gasteiger partial charge in [0.25, 0.3) is 5.69 Å². The molecule has 0 heterocycles. The minimum Gasteiger partial charge on any atom is -0.395 e. The molecule has 0 amide bonds. The van der Waals surface area contributed by atoms with Crippen LogP contribution in [0.2, 0.25) is 5.02 Å². The third-order valence-electron chi connectivity index (χ3n) is 2.15. The molecule has 0 fully saturated rings. The first-order valence-corrected chi connectivity index (χ1v) is 5.19. The van der Waals surface area contributed by atoms with E-state index in [2.05, 4.69) is 5.32 Å². The predicted molar refractivity (Wildman–Crippen MR) is 61.5 cm³/mol. The van der Waals surface area contributed by atoms with Gasteiger partial charge in [-0.3, -0.25) is 10.1 Å². The fourth-order valence-corrected chi connectivity index (χ4v) is 1.42. The van der Waals surface area contributed by atoms with E-state index in [-0.39, 0.29) is 18.3 Å². The van der Waals surface area contributed by atoms with Crippen molar-refractivity contribution in [1.82, 2.24) is 5.32 Å². The zero-order chi connectivity index (χ0) is 12.1. The van der Waals surface area contributed by atoms with Gasteiger partial charge in [-0.25, -0.2) is 0 Å². The lowest BCUT2D eigenvalue weighted by Crippen LogP contribution is -2.28. The summed E-state index contributed by atoms with van der Waals surface area (Å²) in [6.07, 6.45) is 0. The van der Waals surface area contributed by atoms with Crippen LogP contribution in [0.4, 0.5) is 5.69 Å². The van der Waals surface area contributed by atoms with E-state index in [1.165, 1.54) is 12.1 Å². The van der Waals surface area contributed by atoms with Gasteiger partial charge in [0.15, 0.2) is 0 Å². The van der Waals surface area contributed by atoms with Crippen LogP contribution >= 0.6 is 11.6 Å². The molecule has 5 nitrogen and oxygen atoms in total. The van der Waals surface area contributed by atoms with Gasteiger partial charge in [0, 0.05) is 29.2 Å². The Morgan fingerprint density at radius 2 is 2.31 bits per heavy atom. The zero-order valence-electron chi connectivity index (χ0n) is 8.81. The highest BCUT2D eigenvalue weighted by Crippen LogP contribution is 2.22. The van der Waals surface area contributed by atoms with Gasteiger partial charge >= 0.3 is 0 Å². The van der Waals surface area contributed by atoms with Crippen molar-refractivity contribution < 1.29 is 10.0 Å². The number of aliphatic hydroxyl groups is 1. The number of nitrogens with zero attached hydrogens (tertiary/aromatic N) is 1. The monoisotopic (exact) mass is 244 g/mol. The number of nitro benzene ring substituents is 1. The number of halogens is 1. The van der Waals surface area contributed by atoms with Crippen LogP contribution in [0.5, 0.6) is 0 Å². The standard InChI is InChI=1S/C10H13ClN2O3/c1-7(6-14)12-5-8-4-9(11)2-3-10(8)13(15)16/h2-4,7,12,14H,5-6H2,1H3. The number of nitrogens with one attached hydrogen (secondary N) is 1. The fraction of sp³-hybridized carbons (Fsp3) is 0.400. The maximum atomic E-state index is 10.7. The molecule has 16 heavy (non-hydrogen) atoms. The van der Waals surface area contributed by atoms with Crippen LogP contribution in [0.1, 0.15) is 12.5 Å². The zero-order valence-corrected chi connectivity index (χ0v) is 9.57.